The molecule has 0 saturated carbocycles. The Kier molecular flexibility index (Phi) is 5.35. The summed E-state index contributed by atoms with van der Waals surface area (Å²) >= 11 is 5.58. The lowest BCUT2D eigenvalue weighted by molar-refractivity contribution is -0.122. The molecule has 0 radical (unpaired) electrons. The molecule has 0 atom stereocenters. The second-order valence-electron chi connectivity index (χ2n) is 5.64. The Balaban J connectivity index is 2.92. The van der Waals surface area contributed by atoms with Crippen LogP contribution in [0.1, 0.15) is 20.8 Å². The maximum atomic E-state index is 13.1. The molecule has 118 valence electrons. The Morgan fingerprint density at radius 1 is 1.38 bits per heavy atom. The Morgan fingerprint density at radius 2 is 1.95 bits per heavy atom. The normalized spacial score (nSPS) is 12.5. The van der Waals surface area contributed by atoms with E-state index in [1.807, 2.05) is 0 Å². The van der Waals surface area contributed by atoms with E-state index in [-0.39, 0.29) is 16.5 Å². The van der Waals surface area contributed by atoms with Crippen LogP contribution >= 0.6 is 11.6 Å². The van der Waals surface area contributed by atoms with Gasteiger partial charge >= 0.3 is 0 Å². The third-order valence-electron chi connectivity index (χ3n) is 2.48. The van der Waals surface area contributed by atoms with Crippen LogP contribution in [0.4, 0.5) is 4.39 Å². The summed E-state index contributed by atoms with van der Waals surface area (Å²) in [6.45, 7) is 5.03. The number of sulfonamides is 1. The predicted molar refractivity (Wildman–Crippen MR) is 79.1 cm³/mol. The van der Waals surface area contributed by atoms with Crippen LogP contribution in [0.5, 0.6) is 0 Å². The van der Waals surface area contributed by atoms with Gasteiger partial charge in [0, 0.05) is 12.6 Å². The van der Waals surface area contributed by atoms with Gasteiger partial charge in [-0.05, 0) is 39.0 Å². The molecule has 1 aromatic rings. The number of nitrogens with zero attached hydrogens (tertiary/aromatic N) is 1. The zero-order chi connectivity index (χ0) is 16.4. The van der Waals surface area contributed by atoms with E-state index in [4.69, 9.17) is 11.6 Å². The molecule has 5 nitrogen and oxygen atoms in total. The van der Waals surface area contributed by atoms with Crippen LogP contribution in [0.25, 0.3) is 0 Å². The standard InChI is InChI=1S/C13H18ClFN2O3S/c1-13(2,3)16-12(18)8-17(4)21(19,20)9-5-6-11(15)10(14)7-9/h5-7H,8H2,1-4H3,(H,16,18). The topological polar surface area (TPSA) is 66.5 Å². The minimum atomic E-state index is -3.91. The van der Waals surface area contributed by atoms with Gasteiger partial charge in [-0.3, -0.25) is 4.79 Å². The molecule has 0 unspecified atom stereocenters. The first-order chi connectivity index (χ1) is 9.43. The van der Waals surface area contributed by atoms with Gasteiger partial charge in [0.25, 0.3) is 0 Å². The number of carbonyl (C=O) groups is 1. The van der Waals surface area contributed by atoms with E-state index in [0.29, 0.717) is 0 Å². The van der Waals surface area contributed by atoms with Gasteiger partial charge in [0.1, 0.15) is 5.82 Å². The summed E-state index contributed by atoms with van der Waals surface area (Å²) in [6.07, 6.45) is 0. The quantitative estimate of drug-likeness (QED) is 0.914. The van der Waals surface area contributed by atoms with Crippen molar-refractivity contribution in [2.24, 2.45) is 0 Å². The van der Waals surface area contributed by atoms with Gasteiger partial charge in [-0.15, -0.1) is 0 Å². The summed E-state index contributed by atoms with van der Waals surface area (Å²) in [5, 5.41) is 2.37. The number of amides is 1. The van der Waals surface area contributed by atoms with Crippen LogP contribution in [-0.4, -0.2) is 37.8 Å². The molecule has 1 amide bonds. The molecule has 1 N–H and O–H groups in total. The molecule has 0 aliphatic heterocycles. The zero-order valence-corrected chi connectivity index (χ0v) is 13.8. The van der Waals surface area contributed by atoms with Crippen molar-refractivity contribution in [1.82, 2.24) is 9.62 Å². The second kappa shape index (κ2) is 6.29. The molecule has 0 spiro atoms. The summed E-state index contributed by atoms with van der Waals surface area (Å²) in [6, 6.07) is 3.09. The zero-order valence-electron chi connectivity index (χ0n) is 12.3. The molecule has 0 bridgehead atoms. The first-order valence-corrected chi connectivity index (χ1v) is 7.98. The van der Waals surface area contributed by atoms with Crippen molar-refractivity contribution >= 4 is 27.5 Å². The van der Waals surface area contributed by atoms with E-state index in [1.54, 1.807) is 20.8 Å². The predicted octanol–water partition coefficient (Wildman–Crippen LogP) is 2.01. The minimum absolute atomic E-state index is 0.167. The van der Waals surface area contributed by atoms with Gasteiger partial charge in [-0.1, -0.05) is 11.6 Å². The first kappa shape index (κ1) is 17.9. The highest BCUT2D eigenvalue weighted by molar-refractivity contribution is 7.89. The number of nitrogens with one attached hydrogen (secondary N) is 1. The van der Waals surface area contributed by atoms with E-state index in [0.717, 1.165) is 22.5 Å². The molecule has 0 fully saturated rings. The first-order valence-electron chi connectivity index (χ1n) is 6.16. The minimum Gasteiger partial charge on any atom is -0.350 e. The van der Waals surface area contributed by atoms with Crippen molar-refractivity contribution in [3.63, 3.8) is 0 Å². The highest BCUT2D eigenvalue weighted by Crippen LogP contribution is 2.21. The number of benzene rings is 1. The van der Waals surface area contributed by atoms with Crippen molar-refractivity contribution < 1.29 is 17.6 Å². The second-order valence-corrected chi connectivity index (χ2v) is 8.09. The lowest BCUT2D eigenvalue weighted by Crippen LogP contribution is -2.46. The highest BCUT2D eigenvalue weighted by Gasteiger charge is 2.25. The molecule has 0 heterocycles. The van der Waals surface area contributed by atoms with Gasteiger partial charge in [0.05, 0.1) is 16.5 Å². The van der Waals surface area contributed by atoms with Crippen LogP contribution in [0.2, 0.25) is 5.02 Å². The average molecular weight is 337 g/mol. The highest BCUT2D eigenvalue weighted by atomic mass is 35.5. The number of hydrogen-bond donors (Lipinski definition) is 1. The van der Waals surface area contributed by atoms with Crippen molar-refractivity contribution in [2.45, 2.75) is 31.2 Å². The third kappa shape index (κ3) is 4.94. The van der Waals surface area contributed by atoms with E-state index in [2.05, 4.69) is 5.32 Å². The molecule has 1 rings (SSSR count). The lowest BCUT2D eigenvalue weighted by atomic mass is 10.1. The van der Waals surface area contributed by atoms with Gasteiger partial charge in [0.15, 0.2) is 0 Å². The summed E-state index contributed by atoms with van der Waals surface area (Å²) in [5.74, 6) is -1.13. The van der Waals surface area contributed by atoms with Crippen LogP contribution in [-0.2, 0) is 14.8 Å². The molecule has 0 aromatic heterocycles. The SMILES string of the molecule is CN(CC(=O)NC(C)(C)C)S(=O)(=O)c1ccc(F)c(Cl)c1. The average Bonchev–Trinajstić information content (AvgIpc) is 2.29. The van der Waals surface area contributed by atoms with E-state index < -0.39 is 27.3 Å². The molecule has 21 heavy (non-hydrogen) atoms. The Labute approximate surface area is 129 Å². The van der Waals surface area contributed by atoms with E-state index in [9.17, 15) is 17.6 Å². The summed E-state index contributed by atoms with van der Waals surface area (Å²) in [5.41, 5.74) is -0.457. The van der Waals surface area contributed by atoms with Crippen molar-refractivity contribution in [2.75, 3.05) is 13.6 Å². The Morgan fingerprint density at radius 3 is 2.43 bits per heavy atom. The summed E-state index contributed by atoms with van der Waals surface area (Å²) in [4.78, 5) is 11.6. The molecular formula is C13H18ClFN2O3S. The number of halogens is 2. The number of rotatable bonds is 4. The summed E-state index contributed by atoms with van der Waals surface area (Å²) in [7, 11) is -2.63. The molecule has 0 aliphatic carbocycles. The maximum Gasteiger partial charge on any atom is 0.243 e. The number of carbonyl (C=O) groups excluding carboxylic acids is 1. The van der Waals surface area contributed by atoms with Crippen molar-refractivity contribution in [1.29, 1.82) is 0 Å². The Bertz CT molecular complexity index is 641. The molecular weight excluding hydrogens is 319 g/mol. The van der Waals surface area contributed by atoms with Crippen LogP contribution in [0, 0.1) is 5.82 Å². The molecule has 8 heteroatoms. The fourth-order valence-electron chi connectivity index (χ4n) is 1.56. The molecule has 1 aromatic carbocycles. The fourth-order valence-corrected chi connectivity index (χ4v) is 2.96. The van der Waals surface area contributed by atoms with Crippen LogP contribution in [0.3, 0.4) is 0 Å². The fraction of sp³-hybridized carbons (Fsp3) is 0.462. The van der Waals surface area contributed by atoms with E-state index >= 15 is 0 Å². The smallest absolute Gasteiger partial charge is 0.243 e. The van der Waals surface area contributed by atoms with Gasteiger partial charge in [0.2, 0.25) is 15.9 Å². The lowest BCUT2D eigenvalue weighted by Gasteiger charge is -2.23. The van der Waals surface area contributed by atoms with Crippen molar-refractivity contribution in [3.8, 4) is 0 Å². The van der Waals surface area contributed by atoms with Gasteiger partial charge < -0.3 is 5.32 Å². The van der Waals surface area contributed by atoms with Crippen molar-refractivity contribution in [3.05, 3.63) is 29.0 Å². The van der Waals surface area contributed by atoms with Crippen LogP contribution < -0.4 is 5.32 Å². The monoisotopic (exact) mass is 336 g/mol. The van der Waals surface area contributed by atoms with E-state index in [1.165, 1.54) is 7.05 Å². The number of hydrogen-bond acceptors (Lipinski definition) is 3. The van der Waals surface area contributed by atoms with Gasteiger partial charge in [-0.25, -0.2) is 12.8 Å². The number of likely N-dealkylation sites (N-methyl/N-ethyl adjacent to an activating group) is 1. The van der Waals surface area contributed by atoms with Gasteiger partial charge in [-0.2, -0.15) is 4.31 Å². The maximum absolute atomic E-state index is 13.1. The van der Waals surface area contributed by atoms with Crippen LogP contribution in [0.15, 0.2) is 23.1 Å². The third-order valence-corrected chi connectivity index (χ3v) is 4.57. The molecule has 0 saturated heterocycles. The molecule has 0 aliphatic rings. The Hall–Kier alpha value is -1.18. The largest absolute Gasteiger partial charge is 0.350 e. The summed E-state index contributed by atoms with van der Waals surface area (Å²) < 4.78 is 38.5.